The molecule has 172 valence electrons. The van der Waals surface area contributed by atoms with Crippen molar-refractivity contribution in [1.29, 1.82) is 0 Å². The maximum atomic E-state index is 13.2. The van der Waals surface area contributed by atoms with Crippen LogP contribution >= 0.6 is 0 Å². The first kappa shape index (κ1) is 21.1. The minimum atomic E-state index is -0.0828. The highest BCUT2D eigenvalue weighted by Crippen LogP contribution is 2.28. The van der Waals surface area contributed by atoms with E-state index >= 15 is 0 Å². The molecule has 3 saturated heterocycles. The molecule has 3 fully saturated rings. The lowest BCUT2D eigenvalue weighted by Gasteiger charge is -2.39. The van der Waals surface area contributed by atoms with E-state index in [0.29, 0.717) is 0 Å². The van der Waals surface area contributed by atoms with E-state index in [0.717, 1.165) is 75.1 Å². The number of carbonyl (C=O) groups is 2. The fourth-order valence-corrected chi connectivity index (χ4v) is 5.52. The highest BCUT2D eigenvalue weighted by Gasteiger charge is 2.42. The summed E-state index contributed by atoms with van der Waals surface area (Å²) in [6.07, 6.45) is 1.66. The van der Waals surface area contributed by atoms with Crippen molar-refractivity contribution in [3.63, 3.8) is 0 Å². The third kappa shape index (κ3) is 3.51. The smallest absolute Gasteiger partial charge is 0.245 e. The van der Waals surface area contributed by atoms with Gasteiger partial charge >= 0.3 is 0 Å². The largest absolute Gasteiger partial charge is 0.296 e. The third-order valence-corrected chi connectivity index (χ3v) is 7.09. The molecular formula is C22H32N8O2. The van der Waals surface area contributed by atoms with Crippen LogP contribution in [0.1, 0.15) is 24.2 Å². The van der Waals surface area contributed by atoms with E-state index in [4.69, 9.17) is 0 Å². The number of hydrogen-bond donors (Lipinski definition) is 0. The van der Waals surface area contributed by atoms with E-state index in [1.54, 1.807) is 9.36 Å². The molecule has 2 amide bonds. The molecule has 10 heteroatoms. The van der Waals surface area contributed by atoms with Crippen molar-refractivity contribution < 1.29 is 9.59 Å². The summed E-state index contributed by atoms with van der Waals surface area (Å²) in [5.74, 6) is 2.07. The highest BCUT2D eigenvalue weighted by molar-refractivity contribution is 5.99. The van der Waals surface area contributed by atoms with Crippen LogP contribution in [0, 0.1) is 13.8 Å². The lowest BCUT2D eigenvalue weighted by Crippen LogP contribution is -2.56. The Balaban J connectivity index is 1.20. The van der Waals surface area contributed by atoms with Crippen LogP contribution in [0.5, 0.6) is 0 Å². The van der Waals surface area contributed by atoms with E-state index in [2.05, 4.69) is 20.0 Å². The molecule has 2 aromatic heterocycles. The SMILES string of the molecule is Cc1cc(N2CCC(N3CCN(C4CCN(c5cc(C)nn5C)C4=O)CC3)C2=O)n(C)n1. The Labute approximate surface area is 188 Å². The normalized spacial score (nSPS) is 25.5. The summed E-state index contributed by atoms with van der Waals surface area (Å²) in [4.78, 5) is 34.6. The summed E-state index contributed by atoms with van der Waals surface area (Å²) in [5.41, 5.74) is 1.84. The molecule has 5 heterocycles. The summed E-state index contributed by atoms with van der Waals surface area (Å²) in [5, 5.41) is 8.77. The molecule has 3 aliphatic rings. The molecule has 0 aliphatic carbocycles. The number of nitrogens with zero attached hydrogens (tertiary/aromatic N) is 8. The van der Waals surface area contributed by atoms with Gasteiger partial charge in [-0.25, -0.2) is 0 Å². The van der Waals surface area contributed by atoms with Crippen molar-refractivity contribution in [1.82, 2.24) is 29.4 Å². The molecule has 5 rings (SSSR count). The predicted molar refractivity (Wildman–Crippen MR) is 121 cm³/mol. The zero-order valence-corrected chi connectivity index (χ0v) is 19.4. The van der Waals surface area contributed by atoms with Crippen LogP contribution in [0.25, 0.3) is 0 Å². The number of aromatic nitrogens is 4. The third-order valence-electron chi connectivity index (χ3n) is 7.09. The summed E-state index contributed by atoms with van der Waals surface area (Å²) in [6.45, 7) is 8.58. The average molecular weight is 441 g/mol. The molecule has 0 radical (unpaired) electrons. The van der Waals surface area contributed by atoms with E-state index < -0.39 is 0 Å². The summed E-state index contributed by atoms with van der Waals surface area (Å²) in [7, 11) is 3.77. The van der Waals surface area contributed by atoms with Gasteiger partial charge in [-0.15, -0.1) is 0 Å². The first-order valence-electron chi connectivity index (χ1n) is 11.5. The molecule has 10 nitrogen and oxygen atoms in total. The van der Waals surface area contributed by atoms with Gasteiger partial charge in [0.25, 0.3) is 0 Å². The molecule has 0 N–H and O–H groups in total. The van der Waals surface area contributed by atoms with Gasteiger partial charge in [-0.05, 0) is 26.7 Å². The maximum absolute atomic E-state index is 13.2. The molecule has 32 heavy (non-hydrogen) atoms. The van der Waals surface area contributed by atoms with Gasteiger partial charge < -0.3 is 0 Å². The lowest BCUT2D eigenvalue weighted by atomic mass is 10.1. The second kappa shape index (κ2) is 8.00. The second-order valence-corrected chi connectivity index (χ2v) is 9.20. The first-order valence-corrected chi connectivity index (χ1v) is 11.5. The van der Waals surface area contributed by atoms with E-state index in [9.17, 15) is 9.59 Å². The van der Waals surface area contributed by atoms with E-state index in [-0.39, 0.29) is 23.9 Å². The average Bonchev–Trinajstić information content (AvgIpc) is 3.49. The van der Waals surface area contributed by atoms with Crippen LogP contribution < -0.4 is 9.80 Å². The number of aryl methyl sites for hydroxylation is 4. The fourth-order valence-electron chi connectivity index (χ4n) is 5.52. The van der Waals surface area contributed by atoms with Crippen molar-refractivity contribution >= 4 is 23.5 Å². The number of carbonyl (C=O) groups excluding carboxylic acids is 2. The summed E-state index contributed by atoms with van der Waals surface area (Å²) >= 11 is 0. The molecule has 0 aromatic carbocycles. The van der Waals surface area contributed by atoms with Crippen LogP contribution in [0.2, 0.25) is 0 Å². The Bertz CT molecular complexity index is 953. The Hall–Kier alpha value is -2.72. The summed E-state index contributed by atoms with van der Waals surface area (Å²) in [6, 6.07) is 3.78. The lowest BCUT2D eigenvalue weighted by molar-refractivity contribution is -0.125. The van der Waals surface area contributed by atoms with Crippen LogP contribution in [0.4, 0.5) is 11.6 Å². The van der Waals surface area contributed by atoms with Gasteiger partial charge in [-0.3, -0.25) is 38.6 Å². The van der Waals surface area contributed by atoms with E-state index in [1.165, 1.54) is 0 Å². The minimum absolute atomic E-state index is 0.0828. The number of amides is 2. The standard InChI is InChI=1S/C22H32N8O2/c1-15-13-19(25(3)23-15)29-7-5-17(21(29)31)27-9-11-28(12-10-27)18-6-8-30(22(18)32)20-14-16(2)24-26(20)4/h13-14,17-18H,5-12H2,1-4H3. The molecular weight excluding hydrogens is 408 g/mol. The molecule has 0 spiro atoms. The van der Waals surface area contributed by atoms with Crippen LogP contribution in [0.15, 0.2) is 12.1 Å². The van der Waals surface area contributed by atoms with Crippen LogP contribution in [-0.4, -0.2) is 92.5 Å². The monoisotopic (exact) mass is 440 g/mol. The zero-order valence-electron chi connectivity index (χ0n) is 19.4. The number of piperazine rings is 1. The Morgan fingerprint density at radius 3 is 1.38 bits per heavy atom. The highest BCUT2D eigenvalue weighted by atomic mass is 16.2. The van der Waals surface area contributed by atoms with Gasteiger partial charge in [0.1, 0.15) is 11.6 Å². The second-order valence-electron chi connectivity index (χ2n) is 9.20. The first-order chi connectivity index (χ1) is 15.3. The van der Waals surface area contributed by atoms with Crippen molar-refractivity contribution in [3.05, 3.63) is 23.5 Å². The number of hydrogen-bond acceptors (Lipinski definition) is 6. The quantitative estimate of drug-likeness (QED) is 0.680. The molecule has 2 atom stereocenters. The van der Waals surface area contributed by atoms with Crippen molar-refractivity contribution in [2.45, 2.75) is 38.8 Å². The molecule has 2 unspecified atom stereocenters. The van der Waals surface area contributed by atoms with Gasteiger partial charge in [0.2, 0.25) is 11.8 Å². The topological polar surface area (TPSA) is 82.7 Å². The molecule has 0 saturated carbocycles. The zero-order chi connectivity index (χ0) is 22.6. The van der Waals surface area contributed by atoms with E-state index in [1.807, 2.05) is 49.9 Å². The van der Waals surface area contributed by atoms with Crippen LogP contribution in [-0.2, 0) is 23.7 Å². The van der Waals surface area contributed by atoms with Gasteiger partial charge in [0.05, 0.1) is 23.5 Å². The molecule has 3 aliphatic heterocycles. The van der Waals surface area contributed by atoms with Crippen molar-refractivity contribution in [3.8, 4) is 0 Å². The van der Waals surface area contributed by atoms with Gasteiger partial charge in [-0.2, -0.15) is 10.2 Å². The Morgan fingerprint density at radius 1 is 0.688 bits per heavy atom. The van der Waals surface area contributed by atoms with Gasteiger partial charge in [-0.1, -0.05) is 0 Å². The minimum Gasteiger partial charge on any atom is -0.296 e. The Morgan fingerprint density at radius 2 is 1.06 bits per heavy atom. The van der Waals surface area contributed by atoms with Gasteiger partial charge in [0, 0.05) is 65.5 Å². The maximum Gasteiger partial charge on any atom is 0.245 e. The molecule has 2 aromatic rings. The van der Waals surface area contributed by atoms with Crippen LogP contribution in [0.3, 0.4) is 0 Å². The number of rotatable bonds is 4. The summed E-state index contributed by atoms with van der Waals surface area (Å²) < 4.78 is 3.57. The van der Waals surface area contributed by atoms with Gasteiger partial charge in [0.15, 0.2) is 0 Å². The van der Waals surface area contributed by atoms with Crippen molar-refractivity contribution in [2.24, 2.45) is 14.1 Å². The van der Waals surface area contributed by atoms with Crippen molar-refractivity contribution in [2.75, 3.05) is 49.1 Å². The fraction of sp³-hybridized carbons (Fsp3) is 0.636. The Kier molecular flexibility index (Phi) is 5.29. The number of anilines is 2. The predicted octanol–water partition coefficient (Wildman–Crippen LogP) is 0.299. The molecule has 0 bridgehead atoms.